The van der Waals surface area contributed by atoms with E-state index in [2.05, 4.69) is 17.3 Å². The summed E-state index contributed by atoms with van der Waals surface area (Å²) in [6.45, 7) is 2.77. The number of carbonyl (C=O) groups is 1. The molecule has 0 aromatic heterocycles. The van der Waals surface area contributed by atoms with E-state index in [9.17, 15) is 4.79 Å². The van der Waals surface area contributed by atoms with Gasteiger partial charge in [0.15, 0.2) is 0 Å². The monoisotopic (exact) mass is 375 g/mol. The van der Waals surface area contributed by atoms with Crippen LogP contribution in [0.5, 0.6) is 0 Å². The van der Waals surface area contributed by atoms with Crippen molar-refractivity contribution in [1.82, 2.24) is 5.43 Å². The molecular weight excluding hydrogens is 353 g/mol. The molecule has 23 heavy (non-hydrogen) atoms. The van der Waals surface area contributed by atoms with Gasteiger partial charge < -0.3 is 0 Å². The second-order valence-corrected chi connectivity index (χ2v) is 7.26. The van der Waals surface area contributed by atoms with E-state index >= 15 is 0 Å². The van der Waals surface area contributed by atoms with Gasteiger partial charge in [-0.3, -0.25) is 0 Å². The number of nitrogens with two attached hydrogens (primary N) is 1. The molecule has 2 aromatic carbocycles. The standard InChI is InChI=1S/C18H21N3OSe/c1-2-13-20-18(21-19)23-17(15-11-7-4-8-12-15)16(22)14-9-5-3-6-10-14/h3-12,17H,2,13,19H2,1H3,(H,20,21). The molecule has 0 aliphatic rings. The molecule has 0 radical (unpaired) electrons. The van der Waals surface area contributed by atoms with E-state index in [1.165, 1.54) is 0 Å². The first-order valence-electron chi connectivity index (χ1n) is 7.58. The number of hydrogen-bond donors (Lipinski definition) is 2. The fourth-order valence-corrected chi connectivity index (χ4v) is 4.18. The molecule has 3 N–H and O–H groups in total. The normalized spacial score (nSPS) is 12.7. The number of hydrazine groups is 1. The number of aliphatic imine (C=N–C) groups is 1. The second-order valence-electron chi connectivity index (χ2n) is 4.97. The molecule has 0 saturated carbocycles. The van der Waals surface area contributed by atoms with Crippen molar-refractivity contribution in [2.45, 2.75) is 18.2 Å². The summed E-state index contributed by atoms with van der Waals surface area (Å²) in [6.07, 6.45) is 0.948. The number of rotatable bonds is 7. The third kappa shape index (κ3) is 5.03. The number of Topliss-reactive ketones (excluding diaryl/α,β-unsaturated/α-hetero) is 1. The van der Waals surface area contributed by atoms with Crippen LogP contribution in [0, 0.1) is 0 Å². The second kappa shape index (κ2) is 9.26. The molecule has 2 rings (SSSR count). The zero-order chi connectivity index (χ0) is 16.5. The zero-order valence-corrected chi connectivity index (χ0v) is 14.8. The molecule has 120 valence electrons. The molecule has 0 spiro atoms. The predicted octanol–water partition coefficient (Wildman–Crippen LogP) is 2.54. The van der Waals surface area contributed by atoms with Crippen molar-refractivity contribution in [3.63, 3.8) is 0 Å². The van der Waals surface area contributed by atoms with Gasteiger partial charge >= 0.3 is 143 Å². The zero-order valence-electron chi connectivity index (χ0n) is 13.1. The topological polar surface area (TPSA) is 67.5 Å². The minimum absolute atomic E-state index is 0.108. The number of hydrogen-bond acceptors (Lipinski definition) is 3. The van der Waals surface area contributed by atoms with Gasteiger partial charge in [-0.25, -0.2) is 0 Å². The molecule has 1 atom stereocenters. The summed E-state index contributed by atoms with van der Waals surface area (Å²) in [5.41, 5.74) is 4.39. The van der Waals surface area contributed by atoms with Crippen molar-refractivity contribution in [2.24, 2.45) is 10.8 Å². The molecule has 4 nitrogen and oxygen atoms in total. The van der Waals surface area contributed by atoms with Gasteiger partial charge in [-0.15, -0.1) is 0 Å². The van der Waals surface area contributed by atoms with Gasteiger partial charge in [0.2, 0.25) is 0 Å². The van der Waals surface area contributed by atoms with E-state index in [-0.39, 0.29) is 25.6 Å². The average molecular weight is 374 g/mol. The summed E-state index contributed by atoms with van der Waals surface area (Å²) in [5, 5.41) is 0. The Morgan fingerprint density at radius 3 is 2.30 bits per heavy atom. The third-order valence-electron chi connectivity index (χ3n) is 3.23. The van der Waals surface area contributed by atoms with Gasteiger partial charge in [0.25, 0.3) is 0 Å². The first kappa shape index (κ1) is 17.4. The first-order chi connectivity index (χ1) is 11.3. The fraction of sp³-hybridized carbons (Fsp3) is 0.222. The van der Waals surface area contributed by atoms with Gasteiger partial charge in [-0.1, -0.05) is 0 Å². The molecular formula is C18H21N3OSe. The number of carbonyl (C=O) groups excluding carboxylic acids is 1. The van der Waals surface area contributed by atoms with Crippen LogP contribution >= 0.6 is 0 Å². The molecule has 5 heteroatoms. The van der Waals surface area contributed by atoms with Gasteiger partial charge in [-0.2, -0.15) is 0 Å². The fourth-order valence-electron chi connectivity index (χ4n) is 2.10. The Morgan fingerprint density at radius 1 is 1.13 bits per heavy atom. The Balaban J connectivity index is 2.31. The molecule has 0 aliphatic carbocycles. The van der Waals surface area contributed by atoms with Crippen LogP contribution in [0.4, 0.5) is 0 Å². The number of nitrogens with zero attached hydrogens (tertiary/aromatic N) is 1. The van der Waals surface area contributed by atoms with E-state index in [1.54, 1.807) is 0 Å². The Kier molecular flexibility index (Phi) is 7.01. The number of nitrogens with one attached hydrogen (secondary N) is 1. The molecule has 0 fully saturated rings. The van der Waals surface area contributed by atoms with Crippen LogP contribution in [0.2, 0.25) is 0 Å². The van der Waals surface area contributed by atoms with Crippen LogP contribution in [0.1, 0.15) is 34.1 Å². The van der Waals surface area contributed by atoms with Crippen molar-refractivity contribution < 1.29 is 4.79 Å². The molecule has 0 bridgehead atoms. The number of amidine groups is 1. The quantitative estimate of drug-likeness (QED) is 0.195. The summed E-state index contributed by atoms with van der Waals surface area (Å²) >= 11 is -0.196. The third-order valence-corrected chi connectivity index (χ3v) is 5.73. The Morgan fingerprint density at radius 2 is 1.74 bits per heavy atom. The van der Waals surface area contributed by atoms with Crippen LogP contribution in [0.25, 0.3) is 0 Å². The van der Waals surface area contributed by atoms with Gasteiger partial charge in [-0.05, 0) is 0 Å². The van der Waals surface area contributed by atoms with E-state index in [1.807, 2.05) is 60.7 Å². The van der Waals surface area contributed by atoms with Crippen LogP contribution < -0.4 is 11.3 Å². The van der Waals surface area contributed by atoms with Crippen LogP contribution in [0.15, 0.2) is 65.7 Å². The van der Waals surface area contributed by atoms with Crippen molar-refractivity contribution in [1.29, 1.82) is 0 Å². The Bertz CT molecular complexity index is 644. The summed E-state index contributed by atoms with van der Waals surface area (Å²) in [4.78, 5) is 17.2. The molecule has 2 aromatic rings. The van der Waals surface area contributed by atoms with E-state index in [0.29, 0.717) is 6.54 Å². The maximum absolute atomic E-state index is 13.0. The van der Waals surface area contributed by atoms with Crippen molar-refractivity contribution in [3.8, 4) is 0 Å². The van der Waals surface area contributed by atoms with Crippen molar-refractivity contribution in [2.75, 3.05) is 6.54 Å². The Labute approximate surface area is 143 Å². The Hall–Kier alpha value is -1.94. The van der Waals surface area contributed by atoms with E-state index in [4.69, 9.17) is 5.84 Å². The van der Waals surface area contributed by atoms with Crippen LogP contribution in [0.3, 0.4) is 0 Å². The molecule has 0 heterocycles. The SMILES string of the molecule is CCCN=C(NN)[Se]C(C(=O)c1ccccc1)c1ccccc1. The van der Waals surface area contributed by atoms with E-state index in [0.717, 1.165) is 22.3 Å². The number of ketones is 1. The first-order valence-corrected chi connectivity index (χ1v) is 9.42. The number of benzene rings is 2. The molecule has 1 unspecified atom stereocenters. The summed E-state index contributed by atoms with van der Waals surface area (Å²) < 4.78 is 0.720. The van der Waals surface area contributed by atoms with Crippen molar-refractivity contribution >= 4 is 25.5 Å². The minimum atomic E-state index is -0.238. The molecule has 0 amide bonds. The van der Waals surface area contributed by atoms with Crippen LogP contribution in [-0.4, -0.2) is 32.0 Å². The van der Waals surface area contributed by atoms with Crippen LogP contribution in [-0.2, 0) is 0 Å². The van der Waals surface area contributed by atoms with E-state index < -0.39 is 0 Å². The van der Waals surface area contributed by atoms with Crippen molar-refractivity contribution in [3.05, 3.63) is 71.8 Å². The molecule has 0 aliphatic heterocycles. The average Bonchev–Trinajstić information content (AvgIpc) is 2.63. The molecule has 0 saturated heterocycles. The van der Waals surface area contributed by atoms with Gasteiger partial charge in [0, 0.05) is 0 Å². The van der Waals surface area contributed by atoms with Gasteiger partial charge in [0.1, 0.15) is 0 Å². The summed E-state index contributed by atoms with van der Waals surface area (Å²) in [7, 11) is 0. The summed E-state index contributed by atoms with van der Waals surface area (Å²) in [5.74, 6) is 5.71. The van der Waals surface area contributed by atoms with Gasteiger partial charge in [0.05, 0.1) is 0 Å². The predicted molar refractivity (Wildman–Crippen MR) is 95.6 cm³/mol. The summed E-state index contributed by atoms with van der Waals surface area (Å²) in [6, 6.07) is 19.2. The maximum atomic E-state index is 13.0.